The number of aromatic nitrogens is 2. The van der Waals surface area contributed by atoms with E-state index in [1.165, 1.54) is 0 Å². The molecule has 0 radical (unpaired) electrons. The number of carbonyl (C=O) groups excluding carboxylic acids is 2. The first-order valence-corrected chi connectivity index (χ1v) is 9.83. The largest absolute Gasteiger partial charge is 0.355 e. The van der Waals surface area contributed by atoms with Gasteiger partial charge < -0.3 is 10.6 Å². The molecule has 1 heterocycles. The van der Waals surface area contributed by atoms with Crippen LogP contribution in [0.2, 0.25) is 10.0 Å². The molecule has 3 rings (SSSR count). The highest BCUT2D eigenvalue weighted by Gasteiger charge is 2.11. The van der Waals surface area contributed by atoms with Crippen molar-refractivity contribution in [2.75, 3.05) is 11.9 Å². The lowest BCUT2D eigenvalue weighted by molar-refractivity contribution is -0.120. The monoisotopic (exact) mass is 430 g/mol. The second-order valence-corrected chi connectivity index (χ2v) is 7.18. The molecule has 150 valence electrons. The molecule has 3 aromatic rings. The molecule has 2 amide bonds. The van der Waals surface area contributed by atoms with E-state index in [2.05, 4.69) is 15.7 Å². The highest BCUT2D eigenvalue weighted by Crippen LogP contribution is 2.26. The van der Waals surface area contributed by atoms with Crippen LogP contribution in [0.5, 0.6) is 0 Å². The molecule has 0 saturated carbocycles. The summed E-state index contributed by atoms with van der Waals surface area (Å²) < 4.78 is 1.63. The molecule has 0 aliphatic carbocycles. The number of hydrogen-bond donors (Lipinski definition) is 2. The Labute approximate surface area is 178 Å². The van der Waals surface area contributed by atoms with E-state index >= 15 is 0 Å². The van der Waals surface area contributed by atoms with Crippen LogP contribution in [0.15, 0.2) is 60.8 Å². The number of hydrogen-bond acceptors (Lipinski definition) is 3. The number of nitrogens with one attached hydrogen (secondary N) is 2. The van der Waals surface area contributed by atoms with Crippen molar-refractivity contribution in [3.8, 4) is 0 Å². The fourth-order valence-electron chi connectivity index (χ4n) is 2.76. The molecule has 0 fully saturated rings. The zero-order valence-electron chi connectivity index (χ0n) is 15.6. The van der Waals surface area contributed by atoms with Crippen molar-refractivity contribution in [1.82, 2.24) is 15.1 Å². The molecule has 0 aliphatic heterocycles. The second-order valence-electron chi connectivity index (χ2n) is 6.40. The average molecular weight is 431 g/mol. The minimum absolute atomic E-state index is 0.121. The minimum atomic E-state index is -0.219. The third kappa shape index (κ3) is 6.07. The summed E-state index contributed by atoms with van der Waals surface area (Å²) in [6.07, 6.45) is 2.04. The summed E-state index contributed by atoms with van der Waals surface area (Å²) in [6, 6.07) is 16.5. The Morgan fingerprint density at radius 2 is 1.76 bits per heavy atom. The fraction of sp³-hybridized carbons (Fsp3) is 0.190. The van der Waals surface area contributed by atoms with Gasteiger partial charge in [0.1, 0.15) is 5.82 Å². The summed E-state index contributed by atoms with van der Waals surface area (Å²) in [7, 11) is 0. The Bertz CT molecular complexity index is 989. The molecular weight excluding hydrogens is 411 g/mol. The van der Waals surface area contributed by atoms with Crippen LogP contribution in [0.25, 0.3) is 0 Å². The van der Waals surface area contributed by atoms with E-state index in [4.69, 9.17) is 23.2 Å². The van der Waals surface area contributed by atoms with Gasteiger partial charge in [0.25, 0.3) is 0 Å². The zero-order valence-corrected chi connectivity index (χ0v) is 17.1. The lowest BCUT2D eigenvalue weighted by atomic mass is 10.1. The molecule has 2 N–H and O–H groups in total. The first kappa shape index (κ1) is 20.9. The Morgan fingerprint density at radius 1 is 0.966 bits per heavy atom. The van der Waals surface area contributed by atoms with Crippen molar-refractivity contribution in [3.05, 3.63) is 82.0 Å². The Morgan fingerprint density at radius 3 is 2.55 bits per heavy atom. The second kappa shape index (κ2) is 10.1. The summed E-state index contributed by atoms with van der Waals surface area (Å²) >= 11 is 12.3. The molecule has 0 bridgehead atoms. The molecular formula is C21H20Cl2N4O2. The third-order valence-corrected chi connectivity index (χ3v) is 5.08. The van der Waals surface area contributed by atoms with Crippen molar-refractivity contribution in [2.45, 2.75) is 19.4 Å². The lowest BCUT2D eigenvalue weighted by Gasteiger charge is -2.11. The molecule has 0 spiro atoms. The topological polar surface area (TPSA) is 76.0 Å². The van der Waals surface area contributed by atoms with Gasteiger partial charge in [-0.25, -0.2) is 4.68 Å². The molecule has 2 aromatic carbocycles. The highest BCUT2D eigenvalue weighted by atomic mass is 35.5. The summed E-state index contributed by atoms with van der Waals surface area (Å²) in [5.41, 5.74) is 1.73. The number of anilines is 1. The van der Waals surface area contributed by atoms with Crippen LogP contribution in [0.4, 0.5) is 5.82 Å². The van der Waals surface area contributed by atoms with Crippen LogP contribution in [-0.2, 0) is 22.6 Å². The predicted molar refractivity (Wildman–Crippen MR) is 114 cm³/mol. The van der Waals surface area contributed by atoms with Gasteiger partial charge in [-0.2, -0.15) is 5.10 Å². The smallest absolute Gasteiger partial charge is 0.227 e. The fourth-order valence-corrected chi connectivity index (χ4v) is 3.14. The molecule has 8 heteroatoms. The molecule has 0 saturated heterocycles. The average Bonchev–Trinajstić information content (AvgIpc) is 3.13. The molecule has 1 aromatic heterocycles. The van der Waals surface area contributed by atoms with Crippen molar-refractivity contribution < 1.29 is 9.59 Å². The van der Waals surface area contributed by atoms with Crippen molar-refractivity contribution in [2.24, 2.45) is 0 Å². The standard InChI is InChI=1S/C21H20Cl2N4O2/c22-17-8-4-7-16(21(17)23)14-27-18(9-12-25-27)26-19(28)10-11-24-20(29)13-15-5-2-1-3-6-15/h1-9,12H,10-11,13-14H2,(H,24,29)(H,26,28). The van der Waals surface area contributed by atoms with Crippen LogP contribution in [0.3, 0.4) is 0 Å². The minimum Gasteiger partial charge on any atom is -0.355 e. The summed E-state index contributed by atoms with van der Waals surface area (Å²) in [6.45, 7) is 0.627. The van der Waals surface area contributed by atoms with Gasteiger partial charge in [0.2, 0.25) is 11.8 Å². The SMILES string of the molecule is O=C(Cc1ccccc1)NCCC(=O)Nc1ccnn1Cc1cccc(Cl)c1Cl. The van der Waals surface area contributed by atoms with Crippen LogP contribution < -0.4 is 10.6 Å². The van der Waals surface area contributed by atoms with Gasteiger partial charge >= 0.3 is 0 Å². The van der Waals surface area contributed by atoms with E-state index in [1.54, 1.807) is 23.0 Å². The Hall–Kier alpha value is -2.83. The van der Waals surface area contributed by atoms with Crippen molar-refractivity contribution >= 4 is 40.8 Å². The van der Waals surface area contributed by atoms with Gasteiger partial charge in [-0.1, -0.05) is 65.7 Å². The highest BCUT2D eigenvalue weighted by molar-refractivity contribution is 6.42. The van der Waals surface area contributed by atoms with Gasteiger partial charge in [0.05, 0.1) is 29.2 Å². The van der Waals surface area contributed by atoms with Crippen molar-refractivity contribution in [3.63, 3.8) is 0 Å². The van der Waals surface area contributed by atoms with Gasteiger partial charge in [-0.15, -0.1) is 0 Å². The van der Waals surface area contributed by atoms with E-state index in [0.29, 0.717) is 22.4 Å². The molecule has 0 aliphatic rings. The quantitative estimate of drug-likeness (QED) is 0.568. The third-order valence-electron chi connectivity index (χ3n) is 4.22. The van der Waals surface area contributed by atoms with Crippen LogP contribution in [-0.4, -0.2) is 28.1 Å². The van der Waals surface area contributed by atoms with Gasteiger partial charge in [0.15, 0.2) is 0 Å². The number of rotatable bonds is 8. The van der Waals surface area contributed by atoms with Gasteiger partial charge in [-0.05, 0) is 17.2 Å². The van der Waals surface area contributed by atoms with Gasteiger partial charge in [-0.3, -0.25) is 9.59 Å². The Balaban J connectivity index is 1.48. The van der Waals surface area contributed by atoms with Crippen molar-refractivity contribution in [1.29, 1.82) is 0 Å². The number of nitrogens with zero attached hydrogens (tertiary/aromatic N) is 2. The first-order valence-electron chi connectivity index (χ1n) is 9.08. The van der Waals surface area contributed by atoms with Crippen LogP contribution in [0.1, 0.15) is 17.5 Å². The maximum absolute atomic E-state index is 12.2. The number of halogens is 2. The number of carbonyl (C=O) groups is 2. The lowest BCUT2D eigenvalue weighted by Crippen LogP contribution is -2.29. The van der Waals surface area contributed by atoms with E-state index in [0.717, 1.165) is 11.1 Å². The van der Waals surface area contributed by atoms with Crippen LogP contribution >= 0.6 is 23.2 Å². The Kier molecular flexibility index (Phi) is 7.27. The number of amides is 2. The van der Waals surface area contributed by atoms with E-state index < -0.39 is 0 Å². The zero-order chi connectivity index (χ0) is 20.6. The molecule has 29 heavy (non-hydrogen) atoms. The summed E-state index contributed by atoms with van der Waals surface area (Å²) in [5.74, 6) is 0.204. The summed E-state index contributed by atoms with van der Waals surface area (Å²) in [5, 5.41) is 10.7. The van der Waals surface area contributed by atoms with E-state index in [1.807, 2.05) is 42.5 Å². The van der Waals surface area contributed by atoms with Gasteiger partial charge in [0, 0.05) is 19.0 Å². The maximum Gasteiger partial charge on any atom is 0.227 e. The maximum atomic E-state index is 12.2. The van der Waals surface area contributed by atoms with E-state index in [9.17, 15) is 9.59 Å². The van der Waals surface area contributed by atoms with Crippen LogP contribution in [0, 0.1) is 0 Å². The molecule has 6 nitrogen and oxygen atoms in total. The first-order chi connectivity index (χ1) is 14.0. The predicted octanol–water partition coefficient (Wildman–Crippen LogP) is 3.93. The summed E-state index contributed by atoms with van der Waals surface area (Å²) in [4.78, 5) is 24.2. The molecule has 0 unspecified atom stereocenters. The normalized spacial score (nSPS) is 10.6. The molecule has 0 atom stereocenters. The number of benzene rings is 2. The van der Waals surface area contributed by atoms with E-state index in [-0.39, 0.29) is 31.2 Å².